The first-order valence-corrected chi connectivity index (χ1v) is 12.6. The molecule has 2 aromatic carbocycles. The minimum absolute atomic E-state index is 0.0882. The van der Waals surface area contributed by atoms with E-state index in [0.29, 0.717) is 19.6 Å². The average Bonchev–Trinajstić information content (AvgIpc) is 3.31. The van der Waals surface area contributed by atoms with Crippen LogP contribution in [-0.4, -0.2) is 64.0 Å². The molecule has 0 saturated carbocycles. The first kappa shape index (κ1) is 24.9. The van der Waals surface area contributed by atoms with Gasteiger partial charge in [0.05, 0.1) is 24.1 Å². The SMILES string of the molecule is Cc1ccc(S(=O)(=O)NCC(=O)N(CC(=O)NCCc2ccccc2)CC2CCCO2)cc1. The Balaban J connectivity index is 1.55. The van der Waals surface area contributed by atoms with E-state index in [-0.39, 0.29) is 30.0 Å². The number of sulfonamides is 1. The van der Waals surface area contributed by atoms with Crippen LogP contribution < -0.4 is 10.0 Å². The third-order valence-electron chi connectivity index (χ3n) is 5.46. The molecule has 1 heterocycles. The molecule has 178 valence electrons. The van der Waals surface area contributed by atoms with Gasteiger partial charge in [-0.3, -0.25) is 9.59 Å². The molecule has 1 fully saturated rings. The quantitative estimate of drug-likeness (QED) is 0.516. The highest BCUT2D eigenvalue weighted by Crippen LogP contribution is 2.14. The van der Waals surface area contributed by atoms with Crippen LogP contribution in [-0.2, 0) is 30.8 Å². The molecule has 33 heavy (non-hydrogen) atoms. The zero-order chi connectivity index (χ0) is 23.7. The van der Waals surface area contributed by atoms with Crippen LogP contribution in [0, 0.1) is 6.92 Å². The van der Waals surface area contributed by atoms with E-state index in [1.165, 1.54) is 17.0 Å². The lowest BCUT2D eigenvalue weighted by Gasteiger charge is -2.25. The molecule has 1 atom stereocenters. The van der Waals surface area contributed by atoms with Crippen LogP contribution in [0.3, 0.4) is 0 Å². The fourth-order valence-corrected chi connectivity index (χ4v) is 4.55. The summed E-state index contributed by atoms with van der Waals surface area (Å²) in [5, 5.41) is 2.83. The second-order valence-corrected chi connectivity index (χ2v) is 9.90. The van der Waals surface area contributed by atoms with Crippen LogP contribution in [0.1, 0.15) is 24.0 Å². The van der Waals surface area contributed by atoms with Gasteiger partial charge < -0.3 is 15.0 Å². The Bertz CT molecular complexity index is 1020. The van der Waals surface area contributed by atoms with Crippen molar-refractivity contribution in [2.75, 3.05) is 32.8 Å². The lowest BCUT2D eigenvalue weighted by molar-refractivity contribution is -0.136. The van der Waals surface area contributed by atoms with E-state index < -0.39 is 22.5 Å². The molecule has 1 unspecified atom stereocenters. The molecule has 2 N–H and O–H groups in total. The first-order chi connectivity index (χ1) is 15.8. The lowest BCUT2D eigenvalue weighted by Crippen LogP contribution is -2.48. The standard InChI is InChI=1S/C24H31N3O5S/c1-19-9-11-22(12-10-19)33(30,31)26-16-24(29)27(17-21-8-5-15-32-21)18-23(28)25-14-13-20-6-3-2-4-7-20/h2-4,6-7,9-12,21,26H,5,8,13-18H2,1H3,(H,25,28). The lowest BCUT2D eigenvalue weighted by atomic mass is 10.1. The summed E-state index contributed by atoms with van der Waals surface area (Å²) in [6.45, 7) is 2.60. The number of nitrogens with one attached hydrogen (secondary N) is 2. The highest BCUT2D eigenvalue weighted by Gasteiger charge is 2.25. The normalized spacial score (nSPS) is 15.8. The molecule has 2 aromatic rings. The fraction of sp³-hybridized carbons (Fsp3) is 0.417. The molecule has 0 bridgehead atoms. The Hall–Kier alpha value is -2.75. The summed E-state index contributed by atoms with van der Waals surface area (Å²) in [5.41, 5.74) is 2.04. The number of carbonyl (C=O) groups excluding carboxylic acids is 2. The minimum Gasteiger partial charge on any atom is -0.376 e. The number of aryl methyl sites for hydroxylation is 1. The van der Waals surface area contributed by atoms with E-state index in [9.17, 15) is 18.0 Å². The smallest absolute Gasteiger partial charge is 0.241 e. The van der Waals surface area contributed by atoms with Crippen molar-refractivity contribution < 1.29 is 22.7 Å². The number of carbonyl (C=O) groups is 2. The number of benzene rings is 2. The molecule has 0 aromatic heterocycles. The number of hydrogen-bond acceptors (Lipinski definition) is 5. The molecule has 0 spiro atoms. The second-order valence-electron chi connectivity index (χ2n) is 8.13. The van der Waals surface area contributed by atoms with E-state index in [2.05, 4.69) is 10.0 Å². The Kier molecular flexibility index (Phi) is 8.99. The van der Waals surface area contributed by atoms with Crippen molar-refractivity contribution >= 4 is 21.8 Å². The maximum Gasteiger partial charge on any atom is 0.241 e. The van der Waals surface area contributed by atoms with Gasteiger partial charge in [-0.2, -0.15) is 0 Å². The third-order valence-corrected chi connectivity index (χ3v) is 6.88. The molecule has 3 rings (SSSR count). The van der Waals surface area contributed by atoms with Crippen molar-refractivity contribution in [1.29, 1.82) is 0 Å². The summed E-state index contributed by atoms with van der Waals surface area (Å²) in [5.74, 6) is -0.766. The monoisotopic (exact) mass is 473 g/mol. The predicted octanol–water partition coefficient (Wildman–Crippen LogP) is 1.64. The fourth-order valence-electron chi connectivity index (χ4n) is 3.58. The van der Waals surface area contributed by atoms with Crippen molar-refractivity contribution in [3.8, 4) is 0 Å². The maximum absolute atomic E-state index is 12.9. The molecular formula is C24H31N3O5S. The largest absolute Gasteiger partial charge is 0.376 e. The number of nitrogens with zero attached hydrogens (tertiary/aromatic N) is 1. The van der Waals surface area contributed by atoms with Gasteiger partial charge in [0.2, 0.25) is 21.8 Å². The molecule has 0 radical (unpaired) electrons. The van der Waals surface area contributed by atoms with Crippen molar-refractivity contribution in [3.63, 3.8) is 0 Å². The molecular weight excluding hydrogens is 442 g/mol. The molecule has 8 nitrogen and oxygen atoms in total. The Morgan fingerprint density at radius 3 is 2.48 bits per heavy atom. The van der Waals surface area contributed by atoms with Crippen LogP contribution in [0.15, 0.2) is 59.5 Å². The summed E-state index contributed by atoms with van der Waals surface area (Å²) in [4.78, 5) is 26.8. The van der Waals surface area contributed by atoms with Gasteiger partial charge in [-0.15, -0.1) is 0 Å². The molecule has 1 saturated heterocycles. The zero-order valence-electron chi connectivity index (χ0n) is 18.8. The van der Waals surface area contributed by atoms with E-state index >= 15 is 0 Å². The molecule has 0 aliphatic carbocycles. The Morgan fingerprint density at radius 1 is 1.09 bits per heavy atom. The van der Waals surface area contributed by atoms with Gasteiger partial charge in [-0.05, 0) is 43.9 Å². The van der Waals surface area contributed by atoms with E-state index in [1.54, 1.807) is 12.1 Å². The zero-order valence-corrected chi connectivity index (χ0v) is 19.6. The van der Waals surface area contributed by atoms with Gasteiger partial charge in [0.15, 0.2) is 0 Å². The van der Waals surface area contributed by atoms with E-state index in [1.807, 2.05) is 37.3 Å². The van der Waals surface area contributed by atoms with Gasteiger partial charge >= 0.3 is 0 Å². The van der Waals surface area contributed by atoms with Crippen LogP contribution in [0.5, 0.6) is 0 Å². The highest BCUT2D eigenvalue weighted by molar-refractivity contribution is 7.89. The number of rotatable bonds is 11. The predicted molar refractivity (Wildman–Crippen MR) is 125 cm³/mol. The summed E-state index contributed by atoms with van der Waals surface area (Å²) in [6, 6.07) is 16.2. The first-order valence-electron chi connectivity index (χ1n) is 11.1. The molecule has 2 amide bonds. The molecule has 1 aliphatic rings. The summed E-state index contributed by atoms with van der Waals surface area (Å²) in [7, 11) is -3.84. The van der Waals surface area contributed by atoms with Gasteiger partial charge in [-0.1, -0.05) is 48.0 Å². The summed E-state index contributed by atoms with van der Waals surface area (Å²) in [6.07, 6.45) is 2.23. The second kappa shape index (κ2) is 11.9. The van der Waals surface area contributed by atoms with Crippen LogP contribution >= 0.6 is 0 Å². The average molecular weight is 474 g/mol. The van der Waals surface area contributed by atoms with Gasteiger partial charge in [0, 0.05) is 19.7 Å². The van der Waals surface area contributed by atoms with E-state index in [4.69, 9.17) is 4.74 Å². The van der Waals surface area contributed by atoms with E-state index in [0.717, 1.165) is 24.0 Å². The van der Waals surface area contributed by atoms with Crippen LogP contribution in [0.25, 0.3) is 0 Å². The van der Waals surface area contributed by atoms with Crippen LogP contribution in [0.4, 0.5) is 0 Å². The molecule has 9 heteroatoms. The van der Waals surface area contributed by atoms with Crippen molar-refractivity contribution in [1.82, 2.24) is 14.9 Å². The van der Waals surface area contributed by atoms with Gasteiger partial charge in [0.1, 0.15) is 0 Å². The van der Waals surface area contributed by atoms with Gasteiger partial charge in [-0.25, -0.2) is 13.1 Å². The van der Waals surface area contributed by atoms with Crippen molar-refractivity contribution in [3.05, 3.63) is 65.7 Å². The molecule has 1 aliphatic heterocycles. The highest BCUT2D eigenvalue weighted by atomic mass is 32.2. The number of ether oxygens (including phenoxy) is 1. The maximum atomic E-state index is 12.9. The third kappa shape index (κ3) is 7.96. The number of hydrogen-bond donors (Lipinski definition) is 2. The summed E-state index contributed by atoms with van der Waals surface area (Å²) < 4.78 is 33.0. The van der Waals surface area contributed by atoms with Crippen molar-refractivity contribution in [2.45, 2.75) is 37.2 Å². The van der Waals surface area contributed by atoms with Crippen LogP contribution in [0.2, 0.25) is 0 Å². The summed E-state index contributed by atoms with van der Waals surface area (Å²) >= 11 is 0. The topological polar surface area (TPSA) is 105 Å². The number of amides is 2. The minimum atomic E-state index is -3.84. The Morgan fingerprint density at radius 2 is 1.82 bits per heavy atom. The van der Waals surface area contributed by atoms with Gasteiger partial charge in [0.25, 0.3) is 0 Å². The Labute approximate surface area is 195 Å². The van der Waals surface area contributed by atoms with Crippen molar-refractivity contribution in [2.24, 2.45) is 0 Å².